The van der Waals surface area contributed by atoms with Crippen molar-refractivity contribution in [2.45, 2.75) is 38.6 Å². The van der Waals surface area contributed by atoms with Gasteiger partial charge in [0, 0.05) is 17.3 Å². The highest BCUT2D eigenvalue weighted by Crippen LogP contribution is 2.49. The predicted octanol–water partition coefficient (Wildman–Crippen LogP) is 4.09. The average Bonchev–Trinajstić information content (AvgIpc) is 3.39. The second kappa shape index (κ2) is 6.98. The quantitative estimate of drug-likeness (QED) is 0.851. The van der Waals surface area contributed by atoms with E-state index in [1.54, 1.807) is 36.4 Å². The van der Waals surface area contributed by atoms with Gasteiger partial charge in [0.25, 0.3) is 11.8 Å². The van der Waals surface area contributed by atoms with Crippen LogP contribution in [0.5, 0.6) is 0 Å². The number of hydrogen-bond acceptors (Lipinski definition) is 3. The Bertz CT molecular complexity index is 782. The molecular formula is C21H24N2O3. The lowest BCUT2D eigenvalue weighted by Crippen LogP contribution is -2.40. The van der Waals surface area contributed by atoms with Crippen LogP contribution in [0.15, 0.2) is 47.1 Å². The summed E-state index contributed by atoms with van der Waals surface area (Å²) in [5, 5.41) is 5.91. The van der Waals surface area contributed by atoms with Crippen LogP contribution in [0.25, 0.3) is 0 Å². The monoisotopic (exact) mass is 352 g/mol. The minimum atomic E-state index is -0.308. The first kappa shape index (κ1) is 16.9. The van der Waals surface area contributed by atoms with Crippen LogP contribution >= 0.6 is 0 Å². The van der Waals surface area contributed by atoms with E-state index in [1.807, 2.05) is 0 Å². The molecule has 0 unspecified atom stereocenters. The molecule has 26 heavy (non-hydrogen) atoms. The van der Waals surface area contributed by atoms with E-state index in [2.05, 4.69) is 17.6 Å². The van der Waals surface area contributed by atoms with Gasteiger partial charge in [-0.1, -0.05) is 6.42 Å². The maximum atomic E-state index is 12.5. The molecule has 2 fully saturated rings. The Hall–Kier alpha value is -2.56. The van der Waals surface area contributed by atoms with Crippen molar-refractivity contribution in [3.63, 3.8) is 0 Å². The van der Waals surface area contributed by atoms with Gasteiger partial charge in [0.05, 0.1) is 6.26 Å². The molecule has 5 nitrogen and oxygen atoms in total. The Kier molecular flexibility index (Phi) is 4.53. The number of anilines is 1. The van der Waals surface area contributed by atoms with Crippen molar-refractivity contribution < 1.29 is 14.0 Å². The van der Waals surface area contributed by atoms with Crippen LogP contribution < -0.4 is 10.6 Å². The maximum Gasteiger partial charge on any atom is 0.291 e. The van der Waals surface area contributed by atoms with E-state index in [-0.39, 0.29) is 23.6 Å². The fourth-order valence-corrected chi connectivity index (χ4v) is 4.61. The molecule has 5 heteroatoms. The third kappa shape index (κ3) is 3.39. The first-order chi connectivity index (χ1) is 12.6. The number of furan rings is 1. The van der Waals surface area contributed by atoms with Crippen molar-refractivity contribution in [3.05, 3.63) is 54.0 Å². The molecule has 0 aliphatic heterocycles. The molecule has 2 aliphatic rings. The largest absolute Gasteiger partial charge is 0.459 e. The fourth-order valence-electron chi connectivity index (χ4n) is 4.61. The molecule has 136 valence electrons. The third-order valence-electron chi connectivity index (χ3n) is 5.94. The van der Waals surface area contributed by atoms with Crippen molar-refractivity contribution >= 4 is 17.5 Å². The second-order valence-corrected chi connectivity index (χ2v) is 7.61. The normalized spacial score (nSPS) is 25.0. The lowest BCUT2D eigenvalue weighted by atomic mass is 9.84. The Morgan fingerprint density at radius 1 is 1.08 bits per heavy atom. The van der Waals surface area contributed by atoms with E-state index in [9.17, 15) is 9.59 Å². The van der Waals surface area contributed by atoms with Crippen molar-refractivity contribution in [2.24, 2.45) is 17.8 Å². The van der Waals surface area contributed by atoms with Crippen LogP contribution in [0.2, 0.25) is 0 Å². The highest BCUT2D eigenvalue weighted by Gasteiger charge is 2.42. The Labute approximate surface area is 153 Å². The van der Waals surface area contributed by atoms with Crippen molar-refractivity contribution in [3.8, 4) is 0 Å². The summed E-state index contributed by atoms with van der Waals surface area (Å²) in [6, 6.07) is 10.4. The standard InChI is InChI=1S/C21H24N2O3/c1-13(18-12-14-4-5-16(18)11-14)22-20(24)15-6-8-17(9-7-15)23-21(25)19-3-2-10-26-19/h2-3,6-10,13-14,16,18H,4-5,11-12H2,1H3,(H,22,24)(H,23,25)/t13-,14+,16+,18-/m1/s1. The molecule has 2 aliphatic carbocycles. The number of nitrogens with one attached hydrogen (secondary N) is 2. The van der Waals surface area contributed by atoms with Crippen molar-refractivity contribution in [2.75, 3.05) is 5.32 Å². The highest BCUT2D eigenvalue weighted by atomic mass is 16.3. The number of carbonyl (C=O) groups excluding carboxylic acids is 2. The summed E-state index contributed by atoms with van der Waals surface area (Å²) < 4.78 is 5.07. The Morgan fingerprint density at radius 3 is 2.50 bits per heavy atom. The Morgan fingerprint density at radius 2 is 1.88 bits per heavy atom. The van der Waals surface area contributed by atoms with Crippen LogP contribution in [0.4, 0.5) is 5.69 Å². The lowest BCUT2D eigenvalue weighted by Gasteiger charge is -2.28. The Balaban J connectivity index is 1.34. The number of amides is 2. The third-order valence-corrected chi connectivity index (χ3v) is 5.94. The zero-order chi connectivity index (χ0) is 18.1. The number of carbonyl (C=O) groups is 2. The zero-order valence-corrected chi connectivity index (χ0v) is 14.9. The van der Waals surface area contributed by atoms with Gasteiger partial charge >= 0.3 is 0 Å². The number of rotatable bonds is 5. The summed E-state index contributed by atoms with van der Waals surface area (Å²) in [6.45, 7) is 2.13. The summed E-state index contributed by atoms with van der Waals surface area (Å²) in [5.74, 6) is 2.17. The summed E-state index contributed by atoms with van der Waals surface area (Å²) in [6.07, 6.45) is 6.74. The average molecular weight is 352 g/mol. The number of fused-ring (bicyclic) bond motifs is 2. The second-order valence-electron chi connectivity index (χ2n) is 7.61. The highest BCUT2D eigenvalue weighted by molar-refractivity contribution is 6.02. The van der Waals surface area contributed by atoms with E-state index >= 15 is 0 Å². The van der Waals surface area contributed by atoms with Crippen LogP contribution in [0.3, 0.4) is 0 Å². The molecule has 0 spiro atoms. The lowest BCUT2D eigenvalue weighted by molar-refractivity contribution is 0.0915. The number of benzene rings is 1. The van der Waals surface area contributed by atoms with Gasteiger partial charge < -0.3 is 15.1 Å². The molecule has 2 saturated carbocycles. The summed E-state index contributed by atoms with van der Waals surface area (Å²) in [7, 11) is 0. The first-order valence-electron chi connectivity index (χ1n) is 9.36. The van der Waals surface area contributed by atoms with Gasteiger partial charge in [-0.05, 0) is 80.3 Å². The van der Waals surface area contributed by atoms with Gasteiger partial charge in [-0.3, -0.25) is 9.59 Å². The molecule has 2 aromatic rings. The van der Waals surface area contributed by atoms with Crippen LogP contribution in [-0.4, -0.2) is 17.9 Å². The molecule has 0 radical (unpaired) electrons. The predicted molar refractivity (Wildman–Crippen MR) is 99.0 cm³/mol. The maximum absolute atomic E-state index is 12.5. The molecule has 0 saturated heterocycles. The van der Waals surface area contributed by atoms with E-state index in [4.69, 9.17) is 4.42 Å². The SMILES string of the molecule is C[C@@H](NC(=O)c1ccc(NC(=O)c2ccco2)cc1)[C@H]1C[C@H]2CC[C@H]1C2. The molecular weight excluding hydrogens is 328 g/mol. The summed E-state index contributed by atoms with van der Waals surface area (Å²) in [5.41, 5.74) is 1.24. The molecule has 2 amide bonds. The molecule has 2 bridgehead atoms. The topological polar surface area (TPSA) is 71.3 Å². The smallest absolute Gasteiger partial charge is 0.291 e. The minimum Gasteiger partial charge on any atom is -0.459 e. The van der Waals surface area contributed by atoms with Gasteiger partial charge in [0.1, 0.15) is 0 Å². The van der Waals surface area contributed by atoms with Gasteiger partial charge in [0.15, 0.2) is 5.76 Å². The van der Waals surface area contributed by atoms with E-state index < -0.39 is 0 Å². The molecule has 4 rings (SSSR count). The molecule has 2 N–H and O–H groups in total. The summed E-state index contributed by atoms with van der Waals surface area (Å²) in [4.78, 5) is 24.5. The van der Waals surface area contributed by atoms with Gasteiger partial charge in [-0.25, -0.2) is 0 Å². The number of hydrogen-bond donors (Lipinski definition) is 2. The fraction of sp³-hybridized carbons (Fsp3) is 0.429. The summed E-state index contributed by atoms with van der Waals surface area (Å²) >= 11 is 0. The van der Waals surface area contributed by atoms with E-state index in [1.165, 1.54) is 31.9 Å². The minimum absolute atomic E-state index is 0.0517. The van der Waals surface area contributed by atoms with Crippen LogP contribution in [0, 0.1) is 17.8 Å². The van der Waals surface area contributed by atoms with E-state index in [0.717, 1.165) is 11.8 Å². The van der Waals surface area contributed by atoms with E-state index in [0.29, 0.717) is 17.2 Å². The molecule has 4 atom stereocenters. The molecule has 1 aromatic heterocycles. The van der Waals surface area contributed by atoms with Gasteiger partial charge in [0.2, 0.25) is 0 Å². The molecule has 1 aromatic carbocycles. The van der Waals surface area contributed by atoms with Crippen molar-refractivity contribution in [1.29, 1.82) is 0 Å². The first-order valence-corrected chi connectivity index (χ1v) is 9.36. The van der Waals surface area contributed by atoms with Gasteiger partial charge in [-0.2, -0.15) is 0 Å². The zero-order valence-electron chi connectivity index (χ0n) is 14.9. The molecule has 1 heterocycles. The van der Waals surface area contributed by atoms with Gasteiger partial charge in [-0.15, -0.1) is 0 Å². The van der Waals surface area contributed by atoms with Crippen LogP contribution in [-0.2, 0) is 0 Å². The van der Waals surface area contributed by atoms with Crippen LogP contribution in [0.1, 0.15) is 53.5 Å². The van der Waals surface area contributed by atoms with Crippen molar-refractivity contribution in [1.82, 2.24) is 5.32 Å².